The zero-order valence-corrected chi connectivity index (χ0v) is 11.5. The Morgan fingerprint density at radius 2 is 2.11 bits per heavy atom. The van der Waals surface area contributed by atoms with E-state index in [4.69, 9.17) is 0 Å². The number of carbonyl (C=O) groups excluding carboxylic acids is 2. The zero-order valence-electron chi connectivity index (χ0n) is 11.5. The van der Waals surface area contributed by atoms with Crippen molar-refractivity contribution in [3.8, 4) is 0 Å². The first-order valence-corrected chi connectivity index (χ1v) is 6.57. The average Bonchev–Trinajstić information content (AvgIpc) is 3.12. The lowest BCUT2D eigenvalue weighted by atomic mass is 9.83. The highest BCUT2D eigenvalue weighted by molar-refractivity contribution is 6.07. The molecule has 0 aliphatic carbocycles. The van der Waals surface area contributed by atoms with E-state index in [0.29, 0.717) is 6.54 Å². The van der Waals surface area contributed by atoms with Crippen LogP contribution < -0.4 is 4.90 Å². The molecule has 0 N–H and O–H groups in total. The molecule has 1 fully saturated rings. The minimum Gasteiger partial charge on any atom is -0.314 e. The van der Waals surface area contributed by atoms with Crippen LogP contribution in [0, 0.1) is 0 Å². The van der Waals surface area contributed by atoms with Gasteiger partial charge in [-0.25, -0.2) is 0 Å². The van der Waals surface area contributed by atoms with Crippen LogP contribution in [0.15, 0.2) is 24.3 Å². The van der Waals surface area contributed by atoms with Gasteiger partial charge in [-0.3, -0.25) is 14.5 Å². The molecule has 1 aromatic rings. The van der Waals surface area contributed by atoms with Gasteiger partial charge in [0.05, 0.1) is 11.5 Å². The molecule has 2 aliphatic heterocycles. The maximum atomic E-state index is 12.5. The number of ketones is 1. The molecule has 1 saturated heterocycles. The van der Waals surface area contributed by atoms with Crippen molar-refractivity contribution < 1.29 is 9.59 Å². The summed E-state index contributed by atoms with van der Waals surface area (Å²) in [6, 6.07) is 7.92. The Bertz CT molecular complexity index is 569. The van der Waals surface area contributed by atoms with Crippen LogP contribution in [0.4, 0.5) is 5.69 Å². The third-order valence-electron chi connectivity index (χ3n) is 4.34. The fourth-order valence-electron chi connectivity index (χ4n) is 3.12. The first kappa shape index (κ1) is 12.4. The van der Waals surface area contributed by atoms with Gasteiger partial charge in [0.15, 0.2) is 0 Å². The van der Waals surface area contributed by atoms with Crippen LogP contribution in [-0.2, 0) is 15.0 Å². The van der Waals surface area contributed by atoms with Gasteiger partial charge < -0.3 is 4.90 Å². The van der Waals surface area contributed by atoms with Crippen molar-refractivity contribution in [1.82, 2.24) is 4.90 Å². The molecule has 0 bridgehead atoms. The van der Waals surface area contributed by atoms with Crippen molar-refractivity contribution >= 4 is 17.4 Å². The van der Waals surface area contributed by atoms with Crippen molar-refractivity contribution in [2.45, 2.75) is 25.3 Å². The lowest BCUT2D eigenvalue weighted by Crippen LogP contribution is -2.42. The molecule has 0 radical (unpaired) electrons. The van der Waals surface area contributed by atoms with Crippen LogP contribution in [0.2, 0.25) is 0 Å². The number of carbonyl (C=O) groups is 2. The molecule has 0 spiro atoms. The molecule has 3 unspecified atom stereocenters. The molecular formula is C15H18N2O2. The maximum absolute atomic E-state index is 12.5. The SMILES string of the molecule is CC(=O)C1CN1CC1(C)C(=O)N(C)c2ccccc21. The van der Waals surface area contributed by atoms with Crippen molar-refractivity contribution in [3.05, 3.63) is 29.8 Å². The van der Waals surface area contributed by atoms with Crippen LogP contribution in [0.1, 0.15) is 19.4 Å². The molecule has 1 aromatic carbocycles. The van der Waals surface area contributed by atoms with Gasteiger partial charge in [0.25, 0.3) is 0 Å². The van der Waals surface area contributed by atoms with Crippen LogP contribution in [0.5, 0.6) is 0 Å². The lowest BCUT2D eigenvalue weighted by Gasteiger charge is -2.24. The topological polar surface area (TPSA) is 40.4 Å². The third kappa shape index (κ3) is 1.70. The van der Waals surface area contributed by atoms with Gasteiger partial charge in [-0.2, -0.15) is 0 Å². The Morgan fingerprint density at radius 1 is 1.42 bits per heavy atom. The van der Waals surface area contributed by atoms with Crippen LogP contribution in [-0.4, -0.2) is 42.8 Å². The number of benzene rings is 1. The van der Waals surface area contributed by atoms with Crippen molar-refractivity contribution in [2.24, 2.45) is 0 Å². The van der Waals surface area contributed by atoms with Gasteiger partial charge in [0, 0.05) is 25.8 Å². The minimum atomic E-state index is -0.532. The number of amides is 1. The third-order valence-corrected chi connectivity index (χ3v) is 4.34. The highest BCUT2D eigenvalue weighted by Gasteiger charge is 2.51. The van der Waals surface area contributed by atoms with Crippen LogP contribution in [0.25, 0.3) is 0 Å². The standard InChI is InChI=1S/C15H18N2O2/c1-10(18)13-8-17(13)9-15(2)11-6-4-5-7-12(11)16(3)14(15)19/h4-7,13H,8-9H2,1-3H3. The second-order valence-corrected chi connectivity index (χ2v) is 5.77. The summed E-state index contributed by atoms with van der Waals surface area (Å²) in [5.41, 5.74) is 1.52. The van der Waals surface area contributed by atoms with Gasteiger partial charge in [-0.15, -0.1) is 0 Å². The van der Waals surface area contributed by atoms with E-state index >= 15 is 0 Å². The number of hydrogen-bond donors (Lipinski definition) is 0. The second kappa shape index (κ2) is 3.90. The van der Waals surface area contributed by atoms with Gasteiger partial charge in [-0.05, 0) is 25.5 Å². The molecule has 1 amide bonds. The molecule has 19 heavy (non-hydrogen) atoms. The van der Waals surface area contributed by atoms with Crippen LogP contribution in [0.3, 0.4) is 0 Å². The molecule has 3 rings (SSSR count). The number of rotatable bonds is 3. The van der Waals surface area contributed by atoms with E-state index in [9.17, 15) is 9.59 Å². The van der Waals surface area contributed by atoms with E-state index < -0.39 is 5.41 Å². The summed E-state index contributed by atoms with van der Waals surface area (Å²) in [4.78, 5) is 27.7. The minimum absolute atomic E-state index is 0.0164. The summed E-state index contributed by atoms with van der Waals surface area (Å²) in [5, 5.41) is 0. The van der Waals surface area contributed by atoms with Crippen molar-refractivity contribution in [2.75, 3.05) is 25.0 Å². The van der Waals surface area contributed by atoms with E-state index in [-0.39, 0.29) is 17.7 Å². The fraction of sp³-hybridized carbons (Fsp3) is 0.467. The normalized spacial score (nSPS) is 32.4. The van der Waals surface area contributed by atoms with E-state index in [2.05, 4.69) is 4.90 Å². The maximum Gasteiger partial charge on any atom is 0.238 e. The van der Waals surface area contributed by atoms with Gasteiger partial charge >= 0.3 is 0 Å². The molecule has 4 heteroatoms. The quantitative estimate of drug-likeness (QED) is 0.765. The van der Waals surface area contributed by atoms with E-state index in [1.807, 2.05) is 38.2 Å². The highest BCUT2D eigenvalue weighted by Crippen LogP contribution is 2.42. The fourth-order valence-corrected chi connectivity index (χ4v) is 3.12. The van der Waals surface area contributed by atoms with Gasteiger partial charge in [0.2, 0.25) is 5.91 Å². The molecule has 0 aromatic heterocycles. The van der Waals surface area contributed by atoms with E-state index in [0.717, 1.165) is 17.8 Å². The summed E-state index contributed by atoms with van der Waals surface area (Å²) < 4.78 is 0. The Labute approximate surface area is 113 Å². The first-order valence-electron chi connectivity index (χ1n) is 6.57. The molecule has 4 nitrogen and oxygen atoms in total. The number of Topliss-reactive ketones (excluding diaryl/α,β-unsaturated/α-hetero) is 1. The van der Waals surface area contributed by atoms with Crippen LogP contribution >= 0.6 is 0 Å². The summed E-state index contributed by atoms with van der Waals surface area (Å²) in [7, 11) is 1.82. The van der Waals surface area contributed by atoms with Crippen molar-refractivity contribution in [3.63, 3.8) is 0 Å². The molecular weight excluding hydrogens is 240 g/mol. The van der Waals surface area contributed by atoms with Gasteiger partial charge in [0.1, 0.15) is 5.78 Å². The number of para-hydroxylation sites is 1. The second-order valence-electron chi connectivity index (χ2n) is 5.77. The smallest absolute Gasteiger partial charge is 0.238 e. The summed E-state index contributed by atoms with van der Waals surface area (Å²) in [6.45, 7) is 5.00. The predicted molar refractivity (Wildman–Crippen MR) is 73.2 cm³/mol. The molecule has 2 aliphatic rings. The Morgan fingerprint density at radius 3 is 2.74 bits per heavy atom. The molecule has 2 heterocycles. The summed E-state index contributed by atoms with van der Waals surface area (Å²) in [6.07, 6.45) is 0. The van der Waals surface area contributed by atoms with Gasteiger partial charge in [-0.1, -0.05) is 18.2 Å². The number of anilines is 1. The highest BCUT2D eigenvalue weighted by atomic mass is 16.2. The Kier molecular flexibility index (Phi) is 2.54. The Balaban J connectivity index is 1.91. The average molecular weight is 258 g/mol. The van der Waals surface area contributed by atoms with E-state index in [1.165, 1.54) is 0 Å². The lowest BCUT2D eigenvalue weighted by molar-refractivity contribution is -0.123. The molecule has 0 saturated carbocycles. The van der Waals surface area contributed by atoms with E-state index in [1.54, 1.807) is 11.8 Å². The monoisotopic (exact) mass is 258 g/mol. The number of fused-ring (bicyclic) bond motifs is 1. The number of nitrogens with zero attached hydrogens (tertiary/aromatic N) is 2. The molecule has 3 atom stereocenters. The summed E-state index contributed by atoms with van der Waals surface area (Å²) >= 11 is 0. The largest absolute Gasteiger partial charge is 0.314 e. The number of likely N-dealkylation sites (N-methyl/N-ethyl adjacent to an activating group) is 1. The number of hydrogen-bond acceptors (Lipinski definition) is 3. The zero-order chi connectivity index (χ0) is 13.8. The summed E-state index contributed by atoms with van der Waals surface area (Å²) in [5.74, 6) is 0.304. The first-order chi connectivity index (χ1) is 8.95. The van der Waals surface area contributed by atoms with Crippen molar-refractivity contribution in [1.29, 1.82) is 0 Å². The molecule has 100 valence electrons. The Hall–Kier alpha value is -1.68. The predicted octanol–water partition coefficient (Wildman–Crippen LogP) is 1.19.